The summed E-state index contributed by atoms with van der Waals surface area (Å²) in [5, 5.41) is 9.66. The summed E-state index contributed by atoms with van der Waals surface area (Å²) in [5.41, 5.74) is 3.68. The molecule has 35 heavy (non-hydrogen) atoms. The lowest BCUT2D eigenvalue weighted by Gasteiger charge is -2.12. The Bertz CT molecular complexity index is 1350. The van der Waals surface area contributed by atoms with Crippen LogP contribution in [0.1, 0.15) is 27.0 Å². The first-order valence-corrected chi connectivity index (χ1v) is 12.9. The Hall–Kier alpha value is -2.88. The van der Waals surface area contributed by atoms with Crippen molar-refractivity contribution in [3.05, 3.63) is 96.8 Å². The molecule has 4 rings (SSSR count). The molecule has 0 aliphatic carbocycles. The number of hydrogen-bond donors (Lipinski definition) is 1. The van der Waals surface area contributed by atoms with Crippen LogP contribution in [-0.4, -0.2) is 34.1 Å². The van der Waals surface area contributed by atoms with Gasteiger partial charge in [-0.1, -0.05) is 35.9 Å². The number of hydrogen-bond acceptors (Lipinski definition) is 5. The van der Waals surface area contributed by atoms with Crippen LogP contribution in [0, 0.1) is 6.92 Å². The number of aromatic carboxylic acids is 1. The van der Waals surface area contributed by atoms with E-state index in [1.165, 1.54) is 34.4 Å². The van der Waals surface area contributed by atoms with E-state index in [1.54, 1.807) is 25.3 Å². The van der Waals surface area contributed by atoms with E-state index in [2.05, 4.69) is 36.9 Å². The van der Waals surface area contributed by atoms with E-state index in [-0.39, 0.29) is 11.5 Å². The summed E-state index contributed by atoms with van der Waals surface area (Å²) in [6.45, 7) is 2.47. The first kappa shape index (κ1) is 25.2. The maximum absolute atomic E-state index is 12.8. The Morgan fingerprint density at radius 3 is 2.46 bits per heavy atom. The molecule has 6 nitrogen and oxygen atoms in total. The predicted octanol–water partition coefficient (Wildman–Crippen LogP) is 7.03. The van der Waals surface area contributed by atoms with Crippen LogP contribution in [0.2, 0.25) is 0 Å². The summed E-state index contributed by atoms with van der Waals surface area (Å²) in [5.74, 6) is -0.538. The van der Waals surface area contributed by atoms with Crippen LogP contribution < -0.4 is 4.74 Å². The van der Waals surface area contributed by atoms with Gasteiger partial charge in [0.05, 0.1) is 25.1 Å². The molecule has 0 atom stereocenters. The van der Waals surface area contributed by atoms with Crippen molar-refractivity contribution in [1.82, 2.24) is 4.90 Å². The number of rotatable bonds is 6. The second-order valence-corrected chi connectivity index (χ2v) is 10.5. The molecule has 0 radical (unpaired) electrons. The minimum atomic E-state index is -1.03. The van der Waals surface area contributed by atoms with Gasteiger partial charge in [0.1, 0.15) is 12.4 Å². The third-order valence-electron chi connectivity index (χ3n) is 5.14. The molecule has 178 valence electrons. The summed E-state index contributed by atoms with van der Waals surface area (Å²) in [7, 11) is 1.64. The molecule has 1 amide bonds. The molecule has 1 saturated heterocycles. The summed E-state index contributed by atoms with van der Waals surface area (Å²) >= 11 is 8.39. The molecule has 1 fully saturated rings. The number of nitrogens with zero attached hydrogens (tertiary/aromatic N) is 2. The van der Waals surface area contributed by atoms with E-state index in [1.807, 2.05) is 43.3 Å². The van der Waals surface area contributed by atoms with Gasteiger partial charge < -0.3 is 9.84 Å². The van der Waals surface area contributed by atoms with Crippen LogP contribution >= 0.6 is 43.6 Å². The standard InChI is InChI=1S/C26H20Br2N2O4S/c1-15-6-8-16(9-7-15)14-34-23-20(27)10-17(11-21(23)28)12-22-24(31)30(2)26(35-22)29-19-5-3-4-18(13-19)25(32)33/h3-13H,14H2,1-2H3,(H,32,33). The van der Waals surface area contributed by atoms with E-state index >= 15 is 0 Å². The Labute approximate surface area is 224 Å². The lowest BCUT2D eigenvalue weighted by atomic mass is 10.1. The molecular weight excluding hydrogens is 596 g/mol. The highest BCUT2D eigenvalue weighted by Gasteiger charge is 2.30. The molecule has 1 aliphatic heterocycles. The Morgan fingerprint density at radius 2 is 1.80 bits per heavy atom. The maximum Gasteiger partial charge on any atom is 0.335 e. The number of amides is 1. The summed E-state index contributed by atoms with van der Waals surface area (Å²) in [6.07, 6.45) is 1.79. The monoisotopic (exact) mass is 614 g/mol. The Morgan fingerprint density at radius 1 is 1.11 bits per heavy atom. The van der Waals surface area contributed by atoms with Crippen LogP contribution in [0.4, 0.5) is 5.69 Å². The van der Waals surface area contributed by atoms with Gasteiger partial charge in [-0.25, -0.2) is 9.79 Å². The SMILES string of the molecule is Cc1ccc(COc2c(Br)cc(C=C3SC(=Nc4cccc(C(=O)O)c4)N(C)C3=O)cc2Br)cc1. The van der Waals surface area contributed by atoms with Crippen molar-refractivity contribution in [1.29, 1.82) is 0 Å². The normalized spacial score (nSPS) is 15.8. The fraction of sp³-hybridized carbons (Fsp3) is 0.115. The van der Waals surface area contributed by atoms with E-state index in [9.17, 15) is 14.7 Å². The molecular formula is C26H20Br2N2O4S. The van der Waals surface area contributed by atoms with E-state index in [0.717, 1.165) is 20.1 Å². The number of carboxylic acid groups (broad SMARTS) is 1. The molecule has 0 bridgehead atoms. The topological polar surface area (TPSA) is 79.2 Å². The van der Waals surface area contributed by atoms with Gasteiger partial charge in [0, 0.05) is 7.05 Å². The molecule has 0 aromatic heterocycles. The number of carboxylic acids is 1. The number of benzene rings is 3. The summed E-state index contributed by atoms with van der Waals surface area (Å²) in [6, 6.07) is 18.2. The number of halogens is 2. The van der Waals surface area contributed by atoms with Crippen molar-refractivity contribution < 1.29 is 19.4 Å². The van der Waals surface area contributed by atoms with Gasteiger partial charge in [0.25, 0.3) is 5.91 Å². The zero-order valence-corrected chi connectivity index (χ0v) is 22.8. The fourth-order valence-electron chi connectivity index (χ4n) is 3.26. The lowest BCUT2D eigenvalue weighted by molar-refractivity contribution is -0.121. The van der Waals surface area contributed by atoms with Gasteiger partial charge in [-0.05, 0) is 98.1 Å². The molecule has 9 heteroatoms. The Balaban J connectivity index is 1.54. The first-order chi connectivity index (χ1) is 16.7. The second kappa shape index (κ2) is 10.8. The summed E-state index contributed by atoms with van der Waals surface area (Å²) in [4.78, 5) is 30.5. The number of amidine groups is 1. The zero-order valence-electron chi connectivity index (χ0n) is 18.8. The highest BCUT2D eigenvalue weighted by atomic mass is 79.9. The van der Waals surface area contributed by atoms with Gasteiger partial charge in [-0.15, -0.1) is 0 Å². The van der Waals surface area contributed by atoms with Crippen LogP contribution in [0.15, 0.2) is 79.5 Å². The smallest absolute Gasteiger partial charge is 0.335 e. The summed E-state index contributed by atoms with van der Waals surface area (Å²) < 4.78 is 7.53. The number of carbonyl (C=O) groups is 2. The predicted molar refractivity (Wildman–Crippen MR) is 146 cm³/mol. The number of likely N-dealkylation sites (N-methyl/N-ethyl adjacent to an activating group) is 1. The molecule has 1 N–H and O–H groups in total. The highest BCUT2D eigenvalue weighted by Crippen LogP contribution is 2.38. The van der Waals surface area contributed by atoms with Gasteiger partial charge in [-0.2, -0.15) is 0 Å². The molecule has 3 aromatic rings. The molecule has 0 saturated carbocycles. The van der Waals surface area contributed by atoms with Gasteiger partial charge in [-0.3, -0.25) is 9.69 Å². The first-order valence-electron chi connectivity index (χ1n) is 10.5. The Kier molecular flexibility index (Phi) is 7.78. The minimum absolute atomic E-state index is 0.138. The van der Waals surface area contributed by atoms with Gasteiger partial charge >= 0.3 is 5.97 Å². The van der Waals surface area contributed by atoms with Crippen molar-refractivity contribution in [3.63, 3.8) is 0 Å². The molecule has 1 aliphatic rings. The quantitative estimate of drug-likeness (QED) is 0.301. The molecule has 1 heterocycles. The average molecular weight is 616 g/mol. The van der Waals surface area contributed by atoms with Crippen LogP contribution in [0.3, 0.4) is 0 Å². The van der Waals surface area contributed by atoms with Crippen LogP contribution in [0.25, 0.3) is 6.08 Å². The number of thioether (sulfide) groups is 1. The molecule has 0 spiro atoms. The third-order valence-corrected chi connectivity index (χ3v) is 7.38. The number of ether oxygens (including phenoxy) is 1. The average Bonchev–Trinajstić information content (AvgIpc) is 3.07. The number of aryl methyl sites for hydroxylation is 1. The third kappa shape index (κ3) is 6.04. The van der Waals surface area contributed by atoms with E-state index in [4.69, 9.17) is 4.74 Å². The van der Waals surface area contributed by atoms with Crippen molar-refractivity contribution >= 4 is 72.4 Å². The molecule has 0 unspecified atom stereocenters. The number of carbonyl (C=O) groups excluding carboxylic acids is 1. The molecule has 3 aromatic carbocycles. The largest absolute Gasteiger partial charge is 0.487 e. The van der Waals surface area contributed by atoms with Crippen molar-refractivity contribution in [3.8, 4) is 5.75 Å². The highest BCUT2D eigenvalue weighted by molar-refractivity contribution is 9.11. The fourth-order valence-corrected chi connectivity index (χ4v) is 5.70. The maximum atomic E-state index is 12.8. The van der Waals surface area contributed by atoms with E-state index < -0.39 is 5.97 Å². The minimum Gasteiger partial charge on any atom is -0.487 e. The van der Waals surface area contributed by atoms with Crippen LogP contribution in [0.5, 0.6) is 5.75 Å². The zero-order chi connectivity index (χ0) is 25.1. The van der Waals surface area contributed by atoms with Gasteiger partial charge in [0.15, 0.2) is 5.17 Å². The van der Waals surface area contributed by atoms with Crippen molar-refractivity contribution in [2.45, 2.75) is 13.5 Å². The number of aliphatic imine (C=N–C) groups is 1. The van der Waals surface area contributed by atoms with Crippen molar-refractivity contribution in [2.24, 2.45) is 4.99 Å². The van der Waals surface area contributed by atoms with Crippen LogP contribution in [-0.2, 0) is 11.4 Å². The van der Waals surface area contributed by atoms with E-state index in [0.29, 0.717) is 28.1 Å². The van der Waals surface area contributed by atoms with Gasteiger partial charge in [0.2, 0.25) is 0 Å². The van der Waals surface area contributed by atoms with Crippen molar-refractivity contribution in [2.75, 3.05) is 7.05 Å². The lowest BCUT2D eigenvalue weighted by Crippen LogP contribution is -2.23. The second-order valence-electron chi connectivity index (χ2n) is 7.81.